The number of likely N-dealkylation sites (N-methyl/N-ethyl adjacent to an activating group) is 3. The number of nitrogens with two attached hydrogens (primary N) is 2. The van der Waals surface area contributed by atoms with Crippen molar-refractivity contribution in [1.29, 1.82) is 0 Å². The summed E-state index contributed by atoms with van der Waals surface area (Å²) in [6, 6.07) is -7.18. The van der Waals surface area contributed by atoms with E-state index in [1.54, 1.807) is 141 Å². The third-order valence-electron chi connectivity index (χ3n) is 16.1. The molecule has 0 aromatic rings. The Morgan fingerprint density at radius 1 is 0.547 bits per heavy atom. The van der Waals surface area contributed by atoms with Gasteiger partial charge >= 0.3 is 12.1 Å². The van der Waals surface area contributed by atoms with E-state index < -0.39 is 120 Å². The maximum atomic E-state index is 12.8. The number of nitrogens with one attached hydrogen (secondary N) is 9. The lowest BCUT2D eigenvalue weighted by atomic mass is 9.87. The van der Waals surface area contributed by atoms with Gasteiger partial charge in [0.2, 0.25) is 47.6 Å². The first kappa shape index (κ1) is 89.5. The largest absolute Gasteiger partial charge is 0.488 e. The van der Waals surface area contributed by atoms with Gasteiger partial charge in [0.05, 0.1) is 6.04 Å². The molecule has 3 rings (SSSR count). The zero-order valence-electron chi connectivity index (χ0n) is 60.6. The number of hydrogen-bond acceptors (Lipinski definition) is 22. The normalized spacial score (nSPS) is 23.5. The van der Waals surface area contributed by atoms with Gasteiger partial charge in [-0.15, -0.1) is 0 Å². The quantitative estimate of drug-likeness (QED) is 0.0381. The summed E-state index contributed by atoms with van der Waals surface area (Å²) in [6.07, 6.45) is 9.02. The predicted molar refractivity (Wildman–Crippen MR) is 362 cm³/mol. The standard InChI is InChI=1S/C20H37N5O5.C18H33N5O5.C17H32N4O4.C4H9NOSi.C3H3NO/c1-9-21-18(28)23-12(2)16(26)24-15(13(3)25(7)8)17(27)22-11-14-10-20(6,29)19(4,5)30-14;1-10(21-16(19)26)14(24)22-13(11(2)23(6)7)15(25)20-9-12-8-18(5,27)17(3,4)28-12;1-10(18)14(22)20-13(11(2)21(6)7)15(23)19-9-12-8-17(5,24)16(3,4)25-12;1-7(2,3)5-4-6;1-2-4-3-5/h11-13,15,29H,9-10H2,1-8H3,(H,22,27)(H,24,26)(H2,21,23,28);9-11,13,27H,8H2,1-7H3,(H,20,25)(H,22,24)(H3,19,21,26);9-11,13,24H,8,18H2,1-7H3,(H,19,23)(H,20,22);1-3H3;2H,1H2/b14-11-;2*12-9-;;. The Morgan fingerprint density at radius 2 is 0.842 bits per heavy atom. The third kappa shape index (κ3) is 30.8. The first-order valence-electron chi connectivity index (χ1n) is 30.9. The highest BCUT2D eigenvalue weighted by atomic mass is 28.3. The van der Waals surface area contributed by atoms with Crippen molar-refractivity contribution >= 4 is 67.9 Å². The number of carbonyl (C=O) groups excluding carboxylic acids is 10. The molecule has 0 saturated carbocycles. The number of isocyanates is 2. The van der Waals surface area contributed by atoms with Gasteiger partial charge in [-0.1, -0.05) is 6.58 Å². The van der Waals surface area contributed by atoms with Crippen LogP contribution in [-0.2, 0) is 52.6 Å². The van der Waals surface area contributed by atoms with Crippen molar-refractivity contribution in [1.82, 2.24) is 62.6 Å². The number of ether oxygens (including phenoxy) is 3. The number of hydrogen-bond donors (Lipinski definition) is 14. The number of amides is 10. The topological polar surface area (TPSA) is 454 Å². The molecule has 0 aromatic carbocycles. The summed E-state index contributed by atoms with van der Waals surface area (Å²) in [5.41, 5.74) is 5.14. The lowest BCUT2D eigenvalue weighted by molar-refractivity contribution is -0.130. The number of aliphatic imine (C=N–C) groups is 1. The average Bonchev–Trinajstić information content (AvgIpc) is 1.66. The minimum Gasteiger partial charge on any atom is -0.488 e. The molecule has 0 radical (unpaired) electrons. The van der Waals surface area contributed by atoms with E-state index in [-0.39, 0.29) is 36.9 Å². The van der Waals surface area contributed by atoms with Gasteiger partial charge < -0.3 is 104 Å². The smallest absolute Gasteiger partial charge is 0.315 e. The van der Waals surface area contributed by atoms with Crippen molar-refractivity contribution < 1.29 is 77.5 Å². The Bertz CT molecular complexity index is 2750. The van der Waals surface area contributed by atoms with Crippen molar-refractivity contribution in [2.24, 2.45) is 21.1 Å². The zero-order chi connectivity index (χ0) is 74.7. The molecule has 32 nitrogen and oxygen atoms in total. The lowest BCUT2D eigenvalue weighted by Crippen LogP contribution is -2.59. The molecule has 3 heterocycles. The second-order valence-corrected chi connectivity index (χ2v) is 31.7. The molecule has 0 aromatic heterocycles. The first-order chi connectivity index (χ1) is 43.1. The summed E-state index contributed by atoms with van der Waals surface area (Å²) >= 11 is 0. The van der Waals surface area contributed by atoms with Crippen LogP contribution in [0, 0.1) is 0 Å². The zero-order valence-corrected chi connectivity index (χ0v) is 61.6. The van der Waals surface area contributed by atoms with Gasteiger partial charge in [-0.05, 0) is 173 Å². The number of nitrogens with zero attached hydrogens (tertiary/aromatic N) is 5. The molecular formula is C62H114N16O16Si. The van der Waals surface area contributed by atoms with Crippen molar-refractivity contribution in [3.05, 3.63) is 48.7 Å². The molecule has 3 aliphatic heterocycles. The van der Waals surface area contributed by atoms with E-state index in [9.17, 15) is 58.5 Å². The Hall–Kier alpha value is -7.58. The maximum Gasteiger partial charge on any atom is 0.315 e. The Morgan fingerprint density at radius 3 is 1.03 bits per heavy atom. The number of rotatable bonds is 23. The van der Waals surface area contributed by atoms with E-state index in [1.165, 1.54) is 31.6 Å². The summed E-state index contributed by atoms with van der Waals surface area (Å²) in [5.74, 6) is -1.32. The fraction of sp³-hybridized carbons (Fsp3) is 0.710. The van der Waals surface area contributed by atoms with Crippen molar-refractivity contribution in [3.63, 3.8) is 0 Å². The monoisotopic (exact) mass is 1370 g/mol. The van der Waals surface area contributed by atoms with Crippen LogP contribution in [0.25, 0.3) is 0 Å². The Labute approximate surface area is 562 Å². The molecule has 0 aliphatic carbocycles. The van der Waals surface area contributed by atoms with Crippen molar-refractivity contribution in [3.8, 4) is 0 Å². The fourth-order valence-corrected chi connectivity index (χ4v) is 8.20. The van der Waals surface area contributed by atoms with Gasteiger partial charge in [0.25, 0.3) is 0 Å². The first-order valence-corrected chi connectivity index (χ1v) is 34.4. The predicted octanol–water partition coefficient (Wildman–Crippen LogP) is 0.721. The van der Waals surface area contributed by atoms with E-state index in [0.717, 1.165) is 6.20 Å². The van der Waals surface area contributed by atoms with Crippen LogP contribution in [0.4, 0.5) is 9.59 Å². The van der Waals surface area contributed by atoms with Crippen molar-refractivity contribution in [2.45, 2.75) is 238 Å². The summed E-state index contributed by atoms with van der Waals surface area (Å²) in [5, 5.41) is 54.5. The molecule has 16 N–H and O–H groups in total. The average molecular weight is 1370 g/mol. The second-order valence-electron chi connectivity index (χ2n) is 27.1. The van der Waals surface area contributed by atoms with Crippen LogP contribution in [0.1, 0.15) is 130 Å². The van der Waals surface area contributed by atoms with E-state index in [2.05, 4.69) is 64.1 Å². The molecule has 542 valence electrons. The van der Waals surface area contributed by atoms with Gasteiger partial charge in [0, 0.05) is 68.7 Å². The molecule has 0 bridgehead atoms. The molecule has 33 heteroatoms. The highest BCUT2D eigenvalue weighted by molar-refractivity contribution is 6.74. The van der Waals surface area contributed by atoms with Crippen LogP contribution in [0.3, 0.4) is 0 Å². The summed E-state index contributed by atoms with van der Waals surface area (Å²) in [7, 11) is 9.34. The van der Waals surface area contributed by atoms with Gasteiger partial charge in [0.15, 0.2) is 8.24 Å². The summed E-state index contributed by atoms with van der Waals surface area (Å²) in [4.78, 5) is 124. The SMILES string of the molecule is C=CN=C=O.CC(N)C(=O)NC(C(=O)N/C=C1/CC(C)(O)C(C)(C)O1)C(C)N(C)C.CC(NC(N)=O)C(=O)NC(C(=O)N/C=C1/CC(C)(O)C(C)(C)O1)C(C)N(C)C.CCNC(=O)NC(C)C(=O)NC(C(=O)N/C=C1/CC(C)(O)C(C)(C)O1)C(C)N(C)C.C[Si](C)(C)N=C=O. The Balaban J connectivity index is 0. The molecule has 12 atom stereocenters. The van der Waals surface area contributed by atoms with E-state index in [0.29, 0.717) is 30.2 Å². The van der Waals surface area contributed by atoms with Crippen LogP contribution in [-0.4, -0.2) is 235 Å². The number of primary amides is 1. The Kier molecular flexibility index (Phi) is 36.6. The van der Waals surface area contributed by atoms with Crippen LogP contribution < -0.4 is 59.3 Å². The number of urea groups is 2. The van der Waals surface area contributed by atoms with Crippen molar-refractivity contribution in [2.75, 3.05) is 48.8 Å². The highest BCUT2D eigenvalue weighted by Crippen LogP contribution is 2.42. The van der Waals surface area contributed by atoms with Gasteiger partial charge in [-0.3, -0.25) is 28.8 Å². The van der Waals surface area contributed by atoms with Crippen LogP contribution >= 0.6 is 0 Å². The number of aliphatic hydroxyl groups is 3. The van der Waals surface area contributed by atoms with Gasteiger partial charge in [-0.25, -0.2) is 23.8 Å². The van der Waals surface area contributed by atoms with E-state index >= 15 is 0 Å². The van der Waals surface area contributed by atoms with Crippen LogP contribution in [0.15, 0.2) is 58.3 Å². The van der Waals surface area contributed by atoms with Crippen LogP contribution in [0.5, 0.6) is 0 Å². The minimum atomic E-state index is -1.46. The molecule has 95 heavy (non-hydrogen) atoms. The maximum absolute atomic E-state index is 12.8. The number of carbonyl (C=O) groups is 8. The highest BCUT2D eigenvalue weighted by Gasteiger charge is 2.51. The van der Waals surface area contributed by atoms with Gasteiger partial charge in [-0.2, -0.15) is 4.99 Å². The minimum absolute atomic E-state index is 0.245. The lowest BCUT2D eigenvalue weighted by Gasteiger charge is -2.30. The molecule has 3 aliphatic rings. The molecule has 3 saturated heterocycles. The third-order valence-corrected chi connectivity index (χ3v) is 16.9. The fourth-order valence-electron chi connectivity index (χ4n) is 7.92. The van der Waals surface area contributed by atoms with E-state index in [1.807, 2.05) is 45.6 Å². The van der Waals surface area contributed by atoms with Gasteiger partial charge in [0.1, 0.15) is 81.1 Å². The molecule has 0 spiro atoms. The molecule has 10 amide bonds. The summed E-state index contributed by atoms with van der Waals surface area (Å²) in [6.45, 7) is 36.9. The molecular weight excluding hydrogens is 1250 g/mol. The van der Waals surface area contributed by atoms with E-state index in [4.69, 9.17) is 30.5 Å². The summed E-state index contributed by atoms with van der Waals surface area (Å²) < 4.78 is 20.7. The second kappa shape index (κ2) is 38.8. The molecule has 3 fully saturated rings. The van der Waals surface area contributed by atoms with Crippen LogP contribution in [0.2, 0.25) is 19.6 Å². The molecule has 12 unspecified atom stereocenters.